The summed E-state index contributed by atoms with van der Waals surface area (Å²) in [6.07, 6.45) is 2.00. The smallest absolute Gasteiger partial charge is 0.201 e. The van der Waals surface area contributed by atoms with E-state index >= 15 is 0 Å². The van der Waals surface area contributed by atoms with Crippen LogP contribution in [0.3, 0.4) is 0 Å². The quantitative estimate of drug-likeness (QED) is 0.942. The monoisotopic (exact) mass is 285 g/mol. The first-order valence-electron chi connectivity index (χ1n) is 4.67. The Kier molecular flexibility index (Phi) is 3.11. The van der Waals surface area contributed by atoms with Gasteiger partial charge in [0, 0.05) is 11.9 Å². The van der Waals surface area contributed by atoms with Crippen LogP contribution in [0.5, 0.6) is 0 Å². The van der Waals surface area contributed by atoms with E-state index in [9.17, 15) is 0 Å². The average Bonchev–Trinajstić information content (AvgIpc) is 2.76. The highest BCUT2D eigenvalue weighted by molar-refractivity contribution is 9.10. The third-order valence-corrected chi connectivity index (χ3v) is 3.96. The van der Waals surface area contributed by atoms with Crippen molar-refractivity contribution >= 4 is 33.2 Å². The van der Waals surface area contributed by atoms with Crippen LogP contribution < -0.4 is 5.73 Å². The molecule has 0 radical (unpaired) electrons. The molecule has 0 saturated carbocycles. The number of aryl methyl sites for hydroxylation is 1. The Morgan fingerprint density at radius 3 is 2.87 bits per heavy atom. The SMILES string of the molecule is Cn1c(N)nc(Br)c1CCc1cccs1. The number of halogens is 1. The number of hydrogen-bond acceptors (Lipinski definition) is 3. The number of aromatic nitrogens is 2. The molecule has 0 aliphatic carbocycles. The van der Waals surface area contributed by atoms with Crippen molar-refractivity contribution in [2.45, 2.75) is 12.8 Å². The van der Waals surface area contributed by atoms with Crippen LogP contribution in [-0.2, 0) is 19.9 Å². The molecule has 3 nitrogen and oxygen atoms in total. The highest BCUT2D eigenvalue weighted by Gasteiger charge is 2.10. The molecule has 0 unspecified atom stereocenters. The molecule has 80 valence electrons. The molecule has 5 heteroatoms. The predicted molar refractivity (Wildman–Crippen MR) is 67.0 cm³/mol. The molecule has 2 aromatic heterocycles. The Bertz CT molecular complexity index is 447. The van der Waals surface area contributed by atoms with Gasteiger partial charge in [0.1, 0.15) is 4.60 Å². The summed E-state index contributed by atoms with van der Waals surface area (Å²) in [5.41, 5.74) is 6.87. The number of thiophene rings is 1. The van der Waals surface area contributed by atoms with Crippen molar-refractivity contribution in [3.05, 3.63) is 32.7 Å². The number of nitrogens with zero attached hydrogens (tertiary/aromatic N) is 2. The molecular formula is C10H12BrN3S. The summed E-state index contributed by atoms with van der Waals surface area (Å²) < 4.78 is 2.79. The molecule has 15 heavy (non-hydrogen) atoms. The molecule has 2 N–H and O–H groups in total. The molecular weight excluding hydrogens is 274 g/mol. The zero-order valence-electron chi connectivity index (χ0n) is 8.40. The van der Waals surface area contributed by atoms with Gasteiger partial charge in [0.05, 0.1) is 5.69 Å². The zero-order valence-corrected chi connectivity index (χ0v) is 10.8. The lowest BCUT2D eigenvalue weighted by molar-refractivity contribution is 0.808. The fourth-order valence-electron chi connectivity index (χ4n) is 1.48. The Balaban J connectivity index is 2.11. The van der Waals surface area contributed by atoms with Gasteiger partial charge in [-0.25, -0.2) is 4.98 Å². The standard InChI is InChI=1S/C10H12BrN3S/c1-14-8(9(11)13-10(14)12)5-4-7-3-2-6-15-7/h2-3,6H,4-5H2,1H3,(H2,12,13). The molecule has 0 amide bonds. The van der Waals surface area contributed by atoms with E-state index in [1.165, 1.54) is 4.88 Å². The number of rotatable bonds is 3. The highest BCUT2D eigenvalue weighted by atomic mass is 79.9. The van der Waals surface area contributed by atoms with Crippen LogP contribution in [0, 0.1) is 0 Å². The minimum Gasteiger partial charge on any atom is -0.369 e. The fraction of sp³-hybridized carbons (Fsp3) is 0.300. The van der Waals surface area contributed by atoms with Crippen molar-refractivity contribution in [2.75, 3.05) is 5.73 Å². The molecule has 0 aromatic carbocycles. The van der Waals surface area contributed by atoms with Crippen LogP contribution in [0.25, 0.3) is 0 Å². The molecule has 0 fully saturated rings. The lowest BCUT2D eigenvalue weighted by Gasteiger charge is -2.02. The second-order valence-electron chi connectivity index (χ2n) is 3.35. The first kappa shape index (κ1) is 10.7. The van der Waals surface area contributed by atoms with Gasteiger partial charge in [0.25, 0.3) is 0 Å². The van der Waals surface area contributed by atoms with Gasteiger partial charge >= 0.3 is 0 Å². The van der Waals surface area contributed by atoms with Crippen molar-refractivity contribution in [3.63, 3.8) is 0 Å². The maximum Gasteiger partial charge on any atom is 0.201 e. The average molecular weight is 286 g/mol. The Hall–Kier alpha value is -0.810. The Labute approximate surface area is 101 Å². The van der Waals surface area contributed by atoms with E-state index in [4.69, 9.17) is 5.73 Å². The van der Waals surface area contributed by atoms with Crippen LogP contribution in [-0.4, -0.2) is 9.55 Å². The number of hydrogen-bond donors (Lipinski definition) is 1. The van der Waals surface area contributed by atoms with Gasteiger partial charge in [-0.15, -0.1) is 11.3 Å². The number of anilines is 1. The molecule has 0 saturated heterocycles. The summed E-state index contributed by atoms with van der Waals surface area (Å²) in [5, 5.41) is 2.10. The van der Waals surface area contributed by atoms with Crippen molar-refractivity contribution < 1.29 is 0 Å². The summed E-state index contributed by atoms with van der Waals surface area (Å²) in [6, 6.07) is 4.23. The lowest BCUT2D eigenvalue weighted by Crippen LogP contribution is -2.02. The number of imidazole rings is 1. The van der Waals surface area contributed by atoms with Gasteiger partial charge in [-0.05, 0) is 40.2 Å². The highest BCUT2D eigenvalue weighted by Crippen LogP contribution is 2.21. The molecule has 0 aliphatic rings. The van der Waals surface area contributed by atoms with E-state index in [0.29, 0.717) is 5.95 Å². The van der Waals surface area contributed by atoms with E-state index in [2.05, 4.69) is 38.4 Å². The zero-order chi connectivity index (χ0) is 10.8. The Morgan fingerprint density at radius 1 is 1.53 bits per heavy atom. The topological polar surface area (TPSA) is 43.8 Å². The molecule has 2 heterocycles. The van der Waals surface area contributed by atoms with Crippen molar-refractivity contribution in [2.24, 2.45) is 7.05 Å². The number of nitrogen functional groups attached to an aromatic ring is 1. The first-order chi connectivity index (χ1) is 7.18. The summed E-state index contributed by atoms with van der Waals surface area (Å²) in [6.45, 7) is 0. The normalized spacial score (nSPS) is 10.8. The first-order valence-corrected chi connectivity index (χ1v) is 6.34. The molecule has 0 atom stereocenters. The van der Waals surface area contributed by atoms with Gasteiger partial charge in [0.15, 0.2) is 0 Å². The maximum absolute atomic E-state index is 5.71. The second-order valence-corrected chi connectivity index (χ2v) is 5.13. The van der Waals surface area contributed by atoms with Crippen molar-refractivity contribution in [1.29, 1.82) is 0 Å². The summed E-state index contributed by atoms with van der Waals surface area (Å²) in [5.74, 6) is 0.558. The van der Waals surface area contributed by atoms with Gasteiger partial charge in [-0.1, -0.05) is 6.07 Å². The van der Waals surface area contributed by atoms with Gasteiger partial charge in [-0.2, -0.15) is 0 Å². The second kappa shape index (κ2) is 4.37. The van der Waals surface area contributed by atoms with Crippen molar-refractivity contribution in [3.8, 4) is 0 Å². The van der Waals surface area contributed by atoms with Crippen LogP contribution in [0.15, 0.2) is 22.1 Å². The van der Waals surface area contributed by atoms with E-state index in [1.54, 1.807) is 11.3 Å². The van der Waals surface area contributed by atoms with E-state index in [-0.39, 0.29) is 0 Å². The molecule has 2 rings (SSSR count). The molecule has 0 aliphatic heterocycles. The fourth-order valence-corrected chi connectivity index (χ4v) is 2.84. The van der Waals surface area contributed by atoms with E-state index in [0.717, 1.165) is 23.1 Å². The summed E-state index contributed by atoms with van der Waals surface area (Å²) in [4.78, 5) is 5.56. The maximum atomic E-state index is 5.71. The largest absolute Gasteiger partial charge is 0.369 e. The van der Waals surface area contributed by atoms with Crippen LogP contribution in [0.1, 0.15) is 10.6 Å². The number of nitrogens with two attached hydrogens (primary N) is 1. The minimum absolute atomic E-state index is 0.558. The van der Waals surface area contributed by atoms with Gasteiger partial charge in [0.2, 0.25) is 5.95 Å². The minimum atomic E-state index is 0.558. The van der Waals surface area contributed by atoms with Crippen LogP contribution >= 0.6 is 27.3 Å². The summed E-state index contributed by atoms with van der Waals surface area (Å²) >= 11 is 5.21. The lowest BCUT2D eigenvalue weighted by atomic mass is 10.2. The molecule has 0 bridgehead atoms. The molecule has 2 aromatic rings. The van der Waals surface area contributed by atoms with Crippen LogP contribution in [0.2, 0.25) is 0 Å². The Morgan fingerprint density at radius 2 is 2.33 bits per heavy atom. The van der Waals surface area contributed by atoms with Gasteiger partial charge in [-0.3, -0.25) is 0 Å². The van der Waals surface area contributed by atoms with Crippen molar-refractivity contribution in [1.82, 2.24) is 9.55 Å². The van der Waals surface area contributed by atoms with E-state index < -0.39 is 0 Å². The van der Waals surface area contributed by atoms with Gasteiger partial charge < -0.3 is 10.3 Å². The predicted octanol–water partition coefficient (Wildman–Crippen LogP) is 2.61. The summed E-state index contributed by atoms with van der Waals surface area (Å²) in [7, 11) is 1.94. The third kappa shape index (κ3) is 2.23. The third-order valence-electron chi connectivity index (χ3n) is 2.39. The van der Waals surface area contributed by atoms with Crippen LogP contribution in [0.4, 0.5) is 5.95 Å². The van der Waals surface area contributed by atoms with E-state index in [1.807, 2.05) is 11.6 Å². The molecule has 0 spiro atoms.